The third-order valence-electron chi connectivity index (χ3n) is 5.35. The standard InChI is InChI=1S/C19H27N3O3/c1-12(2)6-8-21-9-7-13(3)17(18(21)24)19(25)22-14-4-5-15(22)11-20-16(23)10-14/h7,9,12,14-15H,4-6,8,10-11H2,1-3H3,(H,20,23)/t14-,15+/m1/s1. The van der Waals surface area contributed by atoms with Crippen molar-refractivity contribution in [1.29, 1.82) is 0 Å². The Labute approximate surface area is 148 Å². The molecule has 2 aliphatic rings. The first kappa shape index (κ1) is 17.7. The van der Waals surface area contributed by atoms with Crippen LogP contribution in [-0.4, -0.2) is 39.9 Å². The Bertz CT molecular complexity index is 738. The maximum atomic E-state index is 13.2. The van der Waals surface area contributed by atoms with Crippen LogP contribution in [0, 0.1) is 12.8 Å². The van der Waals surface area contributed by atoms with Gasteiger partial charge in [-0.05, 0) is 43.7 Å². The summed E-state index contributed by atoms with van der Waals surface area (Å²) in [5, 5.41) is 2.87. The van der Waals surface area contributed by atoms with Crippen molar-refractivity contribution < 1.29 is 9.59 Å². The van der Waals surface area contributed by atoms with Crippen LogP contribution in [0.25, 0.3) is 0 Å². The van der Waals surface area contributed by atoms with E-state index in [1.807, 2.05) is 13.0 Å². The zero-order valence-electron chi connectivity index (χ0n) is 15.2. The predicted molar refractivity (Wildman–Crippen MR) is 95.5 cm³/mol. The van der Waals surface area contributed by atoms with Crippen LogP contribution in [0.15, 0.2) is 17.1 Å². The Kier molecular flexibility index (Phi) is 4.97. The molecule has 6 nitrogen and oxygen atoms in total. The lowest BCUT2D eigenvalue weighted by Gasteiger charge is -2.28. The number of carbonyl (C=O) groups is 2. The van der Waals surface area contributed by atoms with Crippen molar-refractivity contribution in [2.75, 3.05) is 6.54 Å². The molecule has 0 saturated carbocycles. The summed E-state index contributed by atoms with van der Waals surface area (Å²) in [6, 6.07) is 1.74. The van der Waals surface area contributed by atoms with Crippen LogP contribution < -0.4 is 10.9 Å². The number of fused-ring (bicyclic) bond motifs is 2. The first-order chi connectivity index (χ1) is 11.9. The molecule has 1 N–H and O–H groups in total. The summed E-state index contributed by atoms with van der Waals surface area (Å²) in [6.45, 7) is 7.14. The predicted octanol–water partition coefficient (Wildman–Crippen LogP) is 1.70. The second-order valence-corrected chi connectivity index (χ2v) is 7.66. The molecular formula is C19H27N3O3. The van der Waals surface area contributed by atoms with Crippen molar-refractivity contribution in [2.45, 2.75) is 65.1 Å². The van der Waals surface area contributed by atoms with E-state index < -0.39 is 0 Å². The number of amides is 2. The summed E-state index contributed by atoms with van der Waals surface area (Å²) in [6.07, 6.45) is 4.71. The summed E-state index contributed by atoms with van der Waals surface area (Å²) < 4.78 is 1.64. The van der Waals surface area contributed by atoms with Crippen LogP contribution in [0.5, 0.6) is 0 Å². The van der Waals surface area contributed by atoms with E-state index in [9.17, 15) is 14.4 Å². The summed E-state index contributed by atoms with van der Waals surface area (Å²) in [7, 11) is 0. The highest BCUT2D eigenvalue weighted by Crippen LogP contribution is 2.29. The van der Waals surface area contributed by atoms with Crippen LogP contribution in [0.1, 0.15) is 55.5 Å². The monoisotopic (exact) mass is 345 g/mol. The van der Waals surface area contributed by atoms with Gasteiger partial charge in [-0.3, -0.25) is 14.4 Å². The Balaban J connectivity index is 1.93. The molecule has 0 aliphatic carbocycles. The normalized spacial score (nSPS) is 22.9. The minimum absolute atomic E-state index is 0.00734. The summed E-state index contributed by atoms with van der Waals surface area (Å²) in [5.41, 5.74) is 0.754. The van der Waals surface area contributed by atoms with Gasteiger partial charge in [-0.25, -0.2) is 0 Å². The highest BCUT2D eigenvalue weighted by Gasteiger charge is 2.41. The van der Waals surface area contributed by atoms with Gasteiger partial charge in [0.15, 0.2) is 0 Å². The zero-order valence-corrected chi connectivity index (χ0v) is 15.2. The highest BCUT2D eigenvalue weighted by atomic mass is 16.2. The lowest BCUT2D eigenvalue weighted by atomic mass is 10.1. The lowest BCUT2D eigenvalue weighted by Crippen LogP contribution is -2.45. The number of rotatable bonds is 4. The van der Waals surface area contributed by atoms with Gasteiger partial charge in [0.05, 0.1) is 0 Å². The van der Waals surface area contributed by atoms with Crippen molar-refractivity contribution in [1.82, 2.24) is 14.8 Å². The summed E-state index contributed by atoms with van der Waals surface area (Å²) in [4.78, 5) is 39.7. The SMILES string of the molecule is Cc1ccn(CCC(C)C)c(=O)c1C(=O)N1[C@@H]2CC[C@H]1CNC(=O)C2. The molecule has 1 aromatic heterocycles. The number of nitrogens with one attached hydrogen (secondary N) is 1. The molecule has 2 fully saturated rings. The average molecular weight is 345 g/mol. The molecule has 0 spiro atoms. The minimum atomic E-state index is -0.217. The first-order valence-corrected chi connectivity index (χ1v) is 9.18. The molecular weight excluding hydrogens is 318 g/mol. The zero-order chi connectivity index (χ0) is 18.1. The van der Waals surface area contributed by atoms with Gasteiger partial charge in [0, 0.05) is 37.8 Å². The fourth-order valence-corrected chi connectivity index (χ4v) is 3.84. The van der Waals surface area contributed by atoms with Crippen LogP contribution in [0.2, 0.25) is 0 Å². The number of nitrogens with zero attached hydrogens (tertiary/aromatic N) is 2. The molecule has 1 aromatic rings. The first-order valence-electron chi connectivity index (χ1n) is 9.18. The fourth-order valence-electron chi connectivity index (χ4n) is 3.84. The van der Waals surface area contributed by atoms with Gasteiger partial charge in [-0.2, -0.15) is 0 Å². The molecule has 0 aromatic carbocycles. The van der Waals surface area contributed by atoms with E-state index >= 15 is 0 Å². The molecule has 2 saturated heterocycles. The minimum Gasteiger partial charge on any atom is -0.354 e. The topological polar surface area (TPSA) is 71.4 Å². The largest absolute Gasteiger partial charge is 0.354 e. The smallest absolute Gasteiger partial charge is 0.263 e. The number of carbonyl (C=O) groups excluding carboxylic acids is 2. The number of aryl methyl sites for hydroxylation is 2. The lowest BCUT2D eigenvalue weighted by molar-refractivity contribution is -0.121. The molecule has 6 heteroatoms. The van der Waals surface area contributed by atoms with E-state index in [2.05, 4.69) is 19.2 Å². The number of hydrogen-bond acceptors (Lipinski definition) is 3. The number of pyridine rings is 1. The van der Waals surface area contributed by atoms with Crippen LogP contribution >= 0.6 is 0 Å². The second-order valence-electron chi connectivity index (χ2n) is 7.66. The summed E-state index contributed by atoms with van der Waals surface area (Å²) in [5.74, 6) is 0.264. The molecule has 2 aliphatic heterocycles. The van der Waals surface area contributed by atoms with Gasteiger partial charge in [-0.15, -0.1) is 0 Å². The third-order valence-corrected chi connectivity index (χ3v) is 5.35. The van der Waals surface area contributed by atoms with Gasteiger partial charge in [0.25, 0.3) is 11.5 Å². The van der Waals surface area contributed by atoms with Gasteiger partial charge in [0.1, 0.15) is 5.56 Å². The second kappa shape index (κ2) is 7.02. The highest BCUT2D eigenvalue weighted by molar-refractivity contribution is 5.96. The molecule has 3 heterocycles. The van der Waals surface area contributed by atoms with Crippen LogP contribution in [0.4, 0.5) is 0 Å². The van der Waals surface area contributed by atoms with Gasteiger partial charge in [-0.1, -0.05) is 13.8 Å². The van der Waals surface area contributed by atoms with E-state index in [1.165, 1.54) is 0 Å². The maximum absolute atomic E-state index is 13.2. The average Bonchev–Trinajstić information content (AvgIpc) is 2.85. The van der Waals surface area contributed by atoms with E-state index in [0.29, 0.717) is 31.0 Å². The third kappa shape index (κ3) is 3.48. The Morgan fingerprint density at radius 2 is 2.00 bits per heavy atom. The van der Waals surface area contributed by atoms with Crippen molar-refractivity contribution in [3.8, 4) is 0 Å². The van der Waals surface area contributed by atoms with Gasteiger partial charge in [0.2, 0.25) is 5.91 Å². The fraction of sp³-hybridized carbons (Fsp3) is 0.632. The molecule has 2 bridgehead atoms. The number of aromatic nitrogens is 1. The Morgan fingerprint density at radius 3 is 2.72 bits per heavy atom. The molecule has 0 unspecified atom stereocenters. The van der Waals surface area contributed by atoms with Crippen molar-refractivity contribution in [3.63, 3.8) is 0 Å². The number of hydrogen-bond donors (Lipinski definition) is 1. The van der Waals surface area contributed by atoms with Crippen molar-refractivity contribution >= 4 is 11.8 Å². The molecule has 0 radical (unpaired) electrons. The quantitative estimate of drug-likeness (QED) is 0.903. The van der Waals surface area contributed by atoms with Crippen molar-refractivity contribution in [3.05, 3.63) is 33.7 Å². The van der Waals surface area contributed by atoms with Gasteiger partial charge < -0.3 is 14.8 Å². The summed E-state index contributed by atoms with van der Waals surface area (Å²) >= 11 is 0. The maximum Gasteiger partial charge on any atom is 0.263 e. The molecule has 2 atom stereocenters. The Hall–Kier alpha value is -2.11. The van der Waals surface area contributed by atoms with Gasteiger partial charge >= 0.3 is 0 Å². The molecule has 2 amide bonds. The van der Waals surface area contributed by atoms with E-state index in [0.717, 1.165) is 19.3 Å². The van der Waals surface area contributed by atoms with Crippen molar-refractivity contribution in [2.24, 2.45) is 5.92 Å². The van der Waals surface area contributed by atoms with E-state index in [1.54, 1.807) is 15.7 Å². The Morgan fingerprint density at radius 1 is 1.28 bits per heavy atom. The molecule has 136 valence electrons. The van der Waals surface area contributed by atoms with Crippen LogP contribution in [0.3, 0.4) is 0 Å². The molecule has 25 heavy (non-hydrogen) atoms. The van der Waals surface area contributed by atoms with E-state index in [-0.39, 0.29) is 35.0 Å². The van der Waals surface area contributed by atoms with E-state index in [4.69, 9.17) is 0 Å². The van der Waals surface area contributed by atoms with Crippen LogP contribution in [-0.2, 0) is 11.3 Å². The molecule has 3 rings (SSSR count).